The van der Waals surface area contributed by atoms with Crippen molar-refractivity contribution < 1.29 is 4.92 Å². The molecule has 1 heterocycles. The summed E-state index contributed by atoms with van der Waals surface area (Å²) in [6, 6.07) is 3.07. The highest BCUT2D eigenvalue weighted by Gasteiger charge is 2.16. The van der Waals surface area contributed by atoms with Crippen LogP contribution in [0, 0.1) is 27.4 Å². The third-order valence-electron chi connectivity index (χ3n) is 2.26. The maximum atomic E-state index is 10.9. The van der Waals surface area contributed by atoms with Crippen LogP contribution in [0.5, 0.6) is 0 Å². The third kappa shape index (κ3) is 3.89. The largest absolute Gasteiger partial charge is 0.364 e. The van der Waals surface area contributed by atoms with Gasteiger partial charge in [0.1, 0.15) is 6.07 Å². The normalized spacial score (nSPS) is 11.6. The third-order valence-corrected chi connectivity index (χ3v) is 3.16. The van der Waals surface area contributed by atoms with Gasteiger partial charge in [0.2, 0.25) is 5.82 Å². The molecule has 0 saturated heterocycles. The summed E-state index contributed by atoms with van der Waals surface area (Å²) in [4.78, 5) is 14.3. The minimum Gasteiger partial charge on any atom is -0.364 e. The van der Waals surface area contributed by atoms with E-state index in [4.69, 9.17) is 5.26 Å². The Labute approximate surface area is 110 Å². The fourth-order valence-corrected chi connectivity index (χ4v) is 2.09. The Morgan fingerprint density at radius 1 is 1.72 bits per heavy atom. The van der Waals surface area contributed by atoms with Crippen molar-refractivity contribution in [3.63, 3.8) is 0 Å². The number of pyridine rings is 1. The van der Waals surface area contributed by atoms with Crippen LogP contribution in [0.2, 0.25) is 0 Å². The summed E-state index contributed by atoms with van der Waals surface area (Å²) in [6.07, 6.45) is 3.34. The number of anilines is 1. The van der Waals surface area contributed by atoms with Gasteiger partial charge in [-0.2, -0.15) is 17.0 Å². The number of nitriles is 1. The molecule has 0 bridgehead atoms. The van der Waals surface area contributed by atoms with E-state index in [2.05, 4.69) is 17.2 Å². The summed E-state index contributed by atoms with van der Waals surface area (Å²) in [7, 11) is 0. The highest BCUT2D eigenvalue weighted by Crippen LogP contribution is 2.22. The number of nitrogens with one attached hydrogen (secondary N) is 1. The quantitative estimate of drug-likeness (QED) is 0.627. The summed E-state index contributed by atoms with van der Waals surface area (Å²) in [5, 5.41) is 22.5. The lowest BCUT2D eigenvalue weighted by molar-refractivity contribution is -0.384. The fourth-order valence-electron chi connectivity index (χ4n) is 1.40. The summed E-state index contributed by atoms with van der Waals surface area (Å²) in [5.41, 5.74) is 0.0230. The predicted octanol–water partition coefficient (Wildman–Crippen LogP) is 2.27. The first kappa shape index (κ1) is 14.3. The molecule has 0 aliphatic carbocycles. The molecule has 0 spiro atoms. The number of hydrogen-bond donors (Lipinski definition) is 1. The van der Waals surface area contributed by atoms with Crippen LogP contribution in [0.1, 0.15) is 12.5 Å². The average molecular weight is 266 g/mol. The van der Waals surface area contributed by atoms with Crippen LogP contribution in [-0.2, 0) is 0 Å². The first-order chi connectivity index (χ1) is 8.58. The second kappa shape index (κ2) is 6.81. The van der Waals surface area contributed by atoms with E-state index in [0.717, 1.165) is 5.75 Å². The van der Waals surface area contributed by atoms with E-state index in [1.54, 1.807) is 11.8 Å². The van der Waals surface area contributed by atoms with E-state index >= 15 is 0 Å². The van der Waals surface area contributed by atoms with Crippen molar-refractivity contribution in [3.8, 4) is 6.07 Å². The van der Waals surface area contributed by atoms with Gasteiger partial charge in [0.15, 0.2) is 0 Å². The van der Waals surface area contributed by atoms with E-state index < -0.39 is 4.92 Å². The van der Waals surface area contributed by atoms with Gasteiger partial charge in [0.05, 0.1) is 10.5 Å². The van der Waals surface area contributed by atoms with Gasteiger partial charge >= 0.3 is 5.69 Å². The first-order valence-corrected chi connectivity index (χ1v) is 6.75. The Bertz CT molecular complexity index is 473. The molecule has 1 atom stereocenters. The first-order valence-electron chi connectivity index (χ1n) is 5.35. The molecule has 96 valence electrons. The van der Waals surface area contributed by atoms with Crippen molar-refractivity contribution in [1.29, 1.82) is 5.26 Å². The van der Waals surface area contributed by atoms with Gasteiger partial charge in [-0.05, 0) is 17.9 Å². The molecule has 1 aromatic heterocycles. The van der Waals surface area contributed by atoms with Crippen molar-refractivity contribution in [2.75, 3.05) is 23.9 Å². The smallest absolute Gasteiger partial charge is 0.312 e. The molecular formula is C11H14N4O2S. The van der Waals surface area contributed by atoms with E-state index in [1.807, 2.05) is 12.3 Å². The molecule has 0 amide bonds. The lowest BCUT2D eigenvalue weighted by Gasteiger charge is -2.11. The molecule has 0 aromatic carbocycles. The predicted molar refractivity (Wildman–Crippen MR) is 71.6 cm³/mol. The van der Waals surface area contributed by atoms with Crippen LogP contribution in [0.4, 0.5) is 11.5 Å². The maximum absolute atomic E-state index is 10.9. The van der Waals surface area contributed by atoms with Crippen LogP contribution in [0.25, 0.3) is 0 Å². The molecular weight excluding hydrogens is 252 g/mol. The SMILES string of the molecule is CSCC(C)CNc1ncc(C#N)cc1[N+](=O)[O-]. The average Bonchev–Trinajstić information content (AvgIpc) is 2.36. The van der Waals surface area contributed by atoms with Gasteiger partial charge in [-0.25, -0.2) is 4.98 Å². The molecule has 1 rings (SSSR count). The molecule has 0 radical (unpaired) electrons. The lowest BCUT2D eigenvalue weighted by atomic mass is 10.2. The Kier molecular flexibility index (Phi) is 5.39. The molecule has 0 aliphatic rings. The van der Waals surface area contributed by atoms with Crippen LogP contribution < -0.4 is 5.32 Å². The van der Waals surface area contributed by atoms with Gasteiger partial charge < -0.3 is 5.32 Å². The Hall–Kier alpha value is -1.81. The minimum atomic E-state index is -0.532. The Morgan fingerprint density at radius 3 is 3.00 bits per heavy atom. The number of thioether (sulfide) groups is 1. The maximum Gasteiger partial charge on any atom is 0.312 e. The number of hydrogen-bond acceptors (Lipinski definition) is 6. The van der Waals surface area contributed by atoms with Crippen LogP contribution >= 0.6 is 11.8 Å². The topological polar surface area (TPSA) is 91.8 Å². The standard InChI is InChI=1S/C11H14N4O2S/c1-8(7-18-2)5-13-11-10(15(16)17)3-9(4-12)6-14-11/h3,6,8H,5,7H2,1-2H3,(H,13,14). The zero-order chi connectivity index (χ0) is 13.5. The molecule has 7 heteroatoms. The van der Waals surface area contributed by atoms with Crippen molar-refractivity contribution >= 4 is 23.3 Å². The Balaban J connectivity index is 2.82. The molecule has 0 aliphatic heterocycles. The van der Waals surface area contributed by atoms with Crippen molar-refractivity contribution in [3.05, 3.63) is 27.9 Å². The molecule has 6 nitrogen and oxygen atoms in total. The number of rotatable bonds is 6. The van der Waals surface area contributed by atoms with Gasteiger partial charge in [0, 0.05) is 18.8 Å². The minimum absolute atomic E-state index is 0.162. The van der Waals surface area contributed by atoms with Gasteiger partial charge in [0.25, 0.3) is 0 Å². The summed E-state index contributed by atoms with van der Waals surface area (Å²) < 4.78 is 0. The highest BCUT2D eigenvalue weighted by atomic mass is 32.2. The molecule has 1 N–H and O–H groups in total. The van der Waals surface area contributed by atoms with E-state index in [9.17, 15) is 10.1 Å². The summed E-state index contributed by atoms with van der Waals surface area (Å²) >= 11 is 1.72. The summed E-state index contributed by atoms with van der Waals surface area (Å²) in [5.74, 6) is 1.57. The van der Waals surface area contributed by atoms with Gasteiger partial charge in [-0.15, -0.1) is 0 Å². The molecule has 1 unspecified atom stereocenters. The van der Waals surface area contributed by atoms with Crippen LogP contribution in [-0.4, -0.2) is 28.5 Å². The molecule has 18 heavy (non-hydrogen) atoms. The second-order valence-electron chi connectivity index (χ2n) is 3.90. The monoisotopic (exact) mass is 266 g/mol. The second-order valence-corrected chi connectivity index (χ2v) is 4.81. The van der Waals surface area contributed by atoms with Crippen molar-refractivity contribution in [1.82, 2.24) is 4.98 Å². The van der Waals surface area contributed by atoms with Crippen LogP contribution in [0.15, 0.2) is 12.3 Å². The van der Waals surface area contributed by atoms with Gasteiger partial charge in [-0.3, -0.25) is 10.1 Å². The fraction of sp³-hybridized carbons (Fsp3) is 0.455. The zero-order valence-corrected chi connectivity index (χ0v) is 11.0. The zero-order valence-electron chi connectivity index (χ0n) is 10.2. The van der Waals surface area contributed by atoms with Gasteiger partial charge in [-0.1, -0.05) is 6.92 Å². The van der Waals surface area contributed by atoms with E-state index in [-0.39, 0.29) is 17.1 Å². The van der Waals surface area contributed by atoms with Crippen LogP contribution in [0.3, 0.4) is 0 Å². The van der Waals surface area contributed by atoms with Crippen molar-refractivity contribution in [2.45, 2.75) is 6.92 Å². The molecule has 1 aromatic rings. The number of nitro groups is 1. The highest BCUT2D eigenvalue weighted by molar-refractivity contribution is 7.98. The van der Waals surface area contributed by atoms with E-state index in [1.165, 1.54) is 12.3 Å². The van der Waals surface area contributed by atoms with Crippen molar-refractivity contribution in [2.24, 2.45) is 5.92 Å². The molecule has 0 saturated carbocycles. The summed E-state index contributed by atoms with van der Waals surface area (Å²) in [6.45, 7) is 2.67. The molecule has 0 fully saturated rings. The number of aromatic nitrogens is 1. The lowest BCUT2D eigenvalue weighted by Crippen LogP contribution is -2.15. The van der Waals surface area contributed by atoms with E-state index in [0.29, 0.717) is 12.5 Å². The Morgan fingerprint density at radius 2 is 2.44 bits per heavy atom. The number of nitrogens with zero attached hydrogens (tertiary/aromatic N) is 3.